The standard InChI is InChI=1S/C19H29NO5/c1-6-24-16(23)19-15(22)20(10-9-13(3)21)18(25-19)11-12(2)7-8-14(18)17(19,4)5/h12,14H,6-11H2,1-5H3/t12-,14+,18+,19-/m0/s1. The Morgan fingerprint density at radius 3 is 2.60 bits per heavy atom. The van der Waals surface area contributed by atoms with Gasteiger partial charge in [-0.25, -0.2) is 4.79 Å². The van der Waals surface area contributed by atoms with Crippen LogP contribution in [0.25, 0.3) is 0 Å². The molecule has 0 aromatic carbocycles. The van der Waals surface area contributed by atoms with Crippen LogP contribution < -0.4 is 0 Å². The Morgan fingerprint density at radius 2 is 2.00 bits per heavy atom. The number of rotatable bonds is 5. The van der Waals surface area contributed by atoms with E-state index in [1.165, 1.54) is 6.92 Å². The number of carbonyl (C=O) groups is 3. The topological polar surface area (TPSA) is 72.9 Å². The molecule has 2 aliphatic heterocycles. The minimum atomic E-state index is -1.59. The maximum absolute atomic E-state index is 13.4. The van der Waals surface area contributed by atoms with E-state index in [2.05, 4.69) is 6.92 Å². The number of ether oxygens (including phenoxy) is 2. The first-order valence-corrected chi connectivity index (χ1v) is 9.32. The number of nitrogens with zero attached hydrogens (tertiary/aromatic N) is 1. The van der Waals surface area contributed by atoms with Crippen molar-refractivity contribution in [2.24, 2.45) is 17.3 Å². The molecule has 0 unspecified atom stereocenters. The first-order chi connectivity index (χ1) is 11.6. The molecule has 6 heteroatoms. The molecule has 6 nitrogen and oxygen atoms in total. The fourth-order valence-corrected chi connectivity index (χ4v) is 5.32. The van der Waals surface area contributed by atoms with Gasteiger partial charge in [-0.3, -0.25) is 9.59 Å². The molecule has 0 aromatic heterocycles. The van der Waals surface area contributed by atoms with Gasteiger partial charge in [0.25, 0.3) is 11.5 Å². The Bertz CT molecular complexity index is 615. The molecule has 1 spiro atoms. The quantitative estimate of drug-likeness (QED) is 0.561. The number of amides is 1. The fraction of sp³-hybridized carbons (Fsp3) is 0.842. The molecule has 3 fully saturated rings. The largest absolute Gasteiger partial charge is 0.463 e. The van der Waals surface area contributed by atoms with Gasteiger partial charge >= 0.3 is 5.97 Å². The lowest BCUT2D eigenvalue weighted by atomic mass is 9.58. The van der Waals surface area contributed by atoms with Gasteiger partial charge in [-0.1, -0.05) is 27.2 Å². The van der Waals surface area contributed by atoms with Crippen molar-refractivity contribution >= 4 is 17.7 Å². The molecule has 2 bridgehead atoms. The van der Waals surface area contributed by atoms with Crippen LogP contribution in [0.4, 0.5) is 0 Å². The maximum atomic E-state index is 13.4. The summed E-state index contributed by atoms with van der Waals surface area (Å²) in [6, 6.07) is 0. The van der Waals surface area contributed by atoms with E-state index in [4.69, 9.17) is 9.47 Å². The number of esters is 1. The van der Waals surface area contributed by atoms with Gasteiger partial charge in [-0.2, -0.15) is 0 Å². The summed E-state index contributed by atoms with van der Waals surface area (Å²) >= 11 is 0. The van der Waals surface area contributed by atoms with Crippen molar-refractivity contribution in [2.75, 3.05) is 13.2 Å². The number of hydrogen-bond acceptors (Lipinski definition) is 5. The van der Waals surface area contributed by atoms with Crippen LogP contribution in [0.1, 0.15) is 60.3 Å². The molecule has 25 heavy (non-hydrogen) atoms. The van der Waals surface area contributed by atoms with Gasteiger partial charge < -0.3 is 14.4 Å². The molecule has 0 N–H and O–H groups in total. The zero-order valence-electron chi connectivity index (χ0n) is 15.9. The third kappa shape index (κ3) is 2.22. The molecule has 0 radical (unpaired) electrons. The number of piperidine rings is 1. The SMILES string of the molecule is CCOC(=O)[C@]12O[C@@]3(C[C@@H](C)CC[C@@H]3C1(C)C)N(CCC(C)=O)C2=O. The number of Topliss-reactive ketones (excluding diaryl/α,β-unsaturated/α-hetero) is 1. The van der Waals surface area contributed by atoms with Crippen LogP contribution in [0.5, 0.6) is 0 Å². The maximum Gasteiger partial charge on any atom is 0.349 e. The van der Waals surface area contributed by atoms with Crippen LogP contribution in [0, 0.1) is 17.3 Å². The number of hydrogen-bond donors (Lipinski definition) is 0. The van der Waals surface area contributed by atoms with E-state index in [1.54, 1.807) is 11.8 Å². The molecular weight excluding hydrogens is 322 g/mol. The summed E-state index contributed by atoms with van der Waals surface area (Å²) in [4.78, 5) is 39.5. The zero-order chi connectivity index (χ0) is 18.6. The van der Waals surface area contributed by atoms with E-state index in [-0.39, 0.29) is 30.6 Å². The van der Waals surface area contributed by atoms with Gasteiger partial charge in [0.15, 0.2) is 0 Å². The summed E-state index contributed by atoms with van der Waals surface area (Å²) < 4.78 is 11.7. The van der Waals surface area contributed by atoms with Gasteiger partial charge in [-0.05, 0) is 32.6 Å². The molecule has 140 valence electrons. The number of ketones is 1. The number of likely N-dealkylation sites (tertiary alicyclic amines) is 1. The lowest BCUT2D eigenvalue weighted by Crippen LogP contribution is -2.66. The Kier molecular flexibility index (Phi) is 4.26. The van der Waals surface area contributed by atoms with Gasteiger partial charge in [0.1, 0.15) is 11.5 Å². The second-order valence-corrected chi connectivity index (χ2v) is 8.42. The van der Waals surface area contributed by atoms with Crippen LogP contribution >= 0.6 is 0 Å². The van der Waals surface area contributed by atoms with Gasteiger partial charge in [0, 0.05) is 24.3 Å². The minimum Gasteiger partial charge on any atom is -0.463 e. The molecule has 4 atom stereocenters. The highest BCUT2D eigenvalue weighted by Crippen LogP contribution is 2.67. The summed E-state index contributed by atoms with van der Waals surface area (Å²) in [7, 11) is 0. The monoisotopic (exact) mass is 351 g/mol. The van der Waals surface area contributed by atoms with Crippen molar-refractivity contribution in [3.05, 3.63) is 0 Å². The molecule has 2 heterocycles. The minimum absolute atomic E-state index is 0.0248. The Hall–Kier alpha value is -1.43. The number of fused-ring (bicyclic) bond motifs is 1. The van der Waals surface area contributed by atoms with E-state index in [0.717, 1.165) is 12.8 Å². The van der Waals surface area contributed by atoms with E-state index >= 15 is 0 Å². The van der Waals surface area contributed by atoms with Crippen LogP contribution in [-0.4, -0.2) is 47.0 Å². The zero-order valence-corrected chi connectivity index (χ0v) is 15.9. The molecule has 3 rings (SSSR count). The summed E-state index contributed by atoms with van der Waals surface area (Å²) in [6.45, 7) is 9.80. The van der Waals surface area contributed by atoms with Gasteiger partial charge in [0.05, 0.1) is 6.61 Å². The Labute approximate surface area is 149 Å². The highest BCUT2D eigenvalue weighted by molar-refractivity contribution is 6.10. The predicted molar refractivity (Wildman–Crippen MR) is 90.5 cm³/mol. The molecule has 2 saturated heterocycles. The lowest BCUT2D eigenvalue weighted by molar-refractivity contribution is -0.180. The first-order valence-electron chi connectivity index (χ1n) is 9.32. The smallest absolute Gasteiger partial charge is 0.349 e. The van der Waals surface area contributed by atoms with Crippen molar-refractivity contribution in [2.45, 2.75) is 71.6 Å². The third-order valence-electron chi connectivity index (χ3n) is 6.50. The highest BCUT2D eigenvalue weighted by Gasteiger charge is 2.82. The summed E-state index contributed by atoms with van der Waals surface area (Å²) in [6.07, 6.45) is 2.93. The fourth-order valence-electron chi connectivity index (χ4n) is 5.32. The van der Waals surface area contributed by atoms with Crippen molar-refractivity contribution in [3.63, 3.8) is 0 Å². The van der Waals surface area contributed by atoms with Crippen molar-refractivity contribution in [1.82, 2.24) is 4.90 Å². The lowest BCUT2D eigenvalue weighted by Gasteiger charge is -2.52. The summed E-state index contributed by atoms with van der Waals surface area (Å²) in [5.41, 5.74) is -3.02. The molecule has 3 aliphatic rings. The van der Waals surface area contributed by atoms with Crippen molar-refractivity contribution in [1.29, 1.82) is 0 Å². The van der Waals surface area contributed by atoms with Gasteiger partial charge in [0.2, 0.25) is 0 Å². The number of carbonyl (C=O) groups excluding carboxylic acids is 3. The first kappa shape index (κ1) is 18.4. The molecule has 1 amide bonds. The van der Waals surface area contributed by atoms with Crippen molar-refractivity contribution in [3.8, 4) is 0 Å². The average molecular weight is 351 g/mol. The summed E-state index contributed by atoms with van der Waals surface area (Å²) in [5.74, 6) is -0.433. The van der Waals surface area contributed by atoms with Crippen LogP contribution in [0.2, 0.25) is 0 Å². The van der Waals surface area contributed by atoms with E-state index in [9.17, 15) is 14.4 Å². The predicted octanol–water partition coefficient (Wildman–Crippen LogP) is 2.30. The molecule has 1 saturated carbocycles. The average Bonchev–Trinajstić information content (AvgIpc) is 2.87. The summed E-state index contributed by atoms with van der Waals surface area (Å²) in [5, 5.41) is 0. The van der Waals surface area contributed by atoms with Crippen LogP contribution in [-0.2, 0) is 23.9 Å². The van der Waals surface area contributed by atoms with Crippen LogP contribution in [0.3, 0.4) is 0 Å². The molecule has 0 aromatic rings. The Balaban J connectivity index is 2.09. The van der Waals surface area contributed by atoms with E-state index < -0.39 is 22.7 Å². The molecular formula is C19H29NO5. The highest BCUT2D eigenvalue weighted by atomic mass is 16.6. The third-order valence-corrected chi connectivity index (χ3v) is 6.50. The van der Waals surface area contributed by atoms with Crippen molar-refractivity contribution < 1.29 is 23.9 Å². The Morgan fingerprint density at radius 1 is 1.32 bits per heavy atom. The van der Waals surface area contributed by atoms with Gasteiger partial charge in [-0.15, -0.1) is 0 Å². The van der Waals surface area contributed by atoms with Crippen LogP contribution in [0.15, 0.2) is 0 Å². The second kappa shape index (κ2) is 5.79. The molecule has 1 aliphatic carbocycles. The second-order valence-electron chi connectivity index (χ2n) is 8.42. The normalized spacial score (nSPS) is 38.6. The van der Waals surface area contributed by atoms with E-state index in [1.807, 2.05) is 13.8 Å². The van der Waals surface area contributed by atoms with E-state index in [0.29, 0.717) is 18.9 Å².